The number of carbonyl (C=O) groups is 1. The smallest absolute Gasteiger partial charge is 0.433 e. The summed E-state index contributed by atoms with van der Waals surface area (Å²) in [5.74, 6) is -1.06. The molecule has 0 bridgehead atoms. The first-order chi connectivity index (χ1) is 12.0. The average Bonchev–Trinajstić information content (AvgIpc) is 2.82. The van der Waals surface area contributed by atoms with Crippen molar-refractivity contribution >= 4 is 22.6 Å². The molecule has 9 heteroatoms. The summed E-state index contributed by atoms with van der Waals surface area (Å²) < 4.78 is 40.6. The number of anilines is 1. The molecule has 5 N–H and O–H groups in total. The van der Waals surface area contributed by atoms with Crippen LogP contribution < -0.4 is 11.5 Å². The number of benzene rings is 1. The number of hydrogen-bond acceptors (Lipinski definition) is 4. The topological polar surface area (TPSA) is 107 Å². The van der Waals surface area contributed by atoms with Crippen molar-refractivity contribution in [1.29, 1.82) is 0 Å². The Morgan fingerprint density at radius 3 is 2.50 bits per heavy atom. The molecule has 0 aliphatic carbocycles. The third-order valence-corrected chi connectivity index (χ3v) is 4.25. The van der Waals surface area contributed by atoms with Gasteiger partial charge in [-0.05, 0) is 31.5 Å². The molecule has 0 fully saturated rings. The number of rotatable bonds is 2. The summed E-state index contributed by atoms with van der Waals surface area (Å²) in [5, 5.41) is 10.1. The Morgan fingerprint density at radius 1 is 1.27 bits per heavy atom. The lowest BCUT2D eigenvalue weighted by Gasteiger charge is -2.16. The second-order valence-electron chi connectivity index (χ2n) is 5.92. The molecule has 3 aromatic rings. The number of aryl methyl sites for hydroxylation is 1. The highest BCUT2D eigenvalue weighted by molar-refractivity contribution is 6.11. The predicted octanol–water partition coefficient (Wildman–Crippen LogP) is 3.05. The number of alkyl halides is 3. The van der Waals surface area contributed by atoms with Crippen LogP contribution in [0.3, 0.4) is 0 Å². The highest BCUT2D eigenvalue weighted by Crippen LogP contribution is 2.38. The minimum absolute atomic E-state index is 0.0235. The Hall–Kier alpha value is -3.23. The van der Waals surface area contributed by atoms with Gasteiger partial charge in [0.2, 0.25) is 0 Å². The van der Waals surface area contributed by atoms with Gasteiger partial charge in [0.25, 0.3) is 5.91 Å². The lowest BCUT2D eigenvalue weighted by molar-refractivity contribution is -0.141. The normalized spacial score (nSPS) is 11.9. The van der Waals surface area contributed by atoms with E-state index in [1.54, 1.807) is 19.9 Å². The molecule has 0 aliphatic rings. The number of nitrogen functional groups attached to an aromatic ring is 1. The first-order valence-corrected chi connectivity index (χ1v) is 7.50. The number of halogens is 3. The van der Waals surface area contributed by atoms with Crippen molar-refractivity contribution in [2.45, 2.75) is 20.0 Å². The summed E-state index contributed by atoms with van der Waals surface area (Å²) in [6.45, 7) is 3.31. The third kappa shape index (κ3) is 2.52. The SMILES string of the molecule is Cc1ccc(O)c(C)c1-n1c(N)c(C(N)=O)c2cnc(C(F)(F)F)cc21. The number of hydrogen-bond donors (Lipinski definition) is 3. The fourth-order valence-electron chi connectivity index (χ4n) is 3.03. The molecule has 1 aromatic carbocycles. The van der Waals surface area contributed by atoms with Crippen LogP contribution in [0.5, 0.6) is 5.75 Å². The number of nitrogens with two attached hydrogens (primary N) is 2. The summed E-state index contributed by atoms with van der Waals surface area (Å²) in [4.78, 5) is 15.2. The summed E-state index contributed by atoms with van der Waals surface area (Å²) in [6.07, 6.45) is -3.74. The van der Waals surface area contributed by atoms with E-state index in [-0.39, 0.29) is 28.0 Å². The minimum atomic E-state index is -4.67. The van der Waals surface area contributed by atoms with Crippen molar-refractivity contribution < 1.29 is 23.1 Å². The largest absolute Gasteiger partial charge is 0.508 e. The molecule has 0 saturated heterocycles. The van der Waals surface area contributed by atoms with Gasteiger partial charge in [-0.3, -0.25) is 14.3 Å². The van der Waals surface area contributed by atoms with E-state index in [4.69, 9.17) is 11.5 Å². The number of primary amides is 1. The zero-order valence-electron chi connectivity index (χ0n) is 13.8. The number of phenols is 1. The standard InChI is InChI=1S/C17H15F3N4O2/c1-7-3-4-11(25)8(2)14(7)24-10-5-12(17(18,19)20)23-6-9(10)13(15(24)21)16(22)26/h3-6,25H,21H2,1-2H3,(H2,22,26). The molecule has 0 atom stereocenters. The van der Waals surface area contributed by atoms with Crippen LogP contribution in [0.1, 0.15) is 27.2 Å². The van der Waals surface area contributed by atoms with Crippen LogP contribution >= 0.6 is 0 Å². The molecule has 136 valence electrons. The fraction of sp³-hybridized carbons (Fsp3) is 0.176. The Bertz CT molecular complexity index is 1050. The van der Waals surface area contributed by atoms with Crippen molar-refractivity contribution in [2.75, 3.05) is 5.73 Å². The van der Waals surface area contributed by atoms with Gasteiger partial charge in [0, 0.05) is 17.1 Å². The van der Waals surface area contributed by atoms with Gasteiger partial charge >= 0.3 is 6.18 Å². The predicted molar refractivity (Wildman–Crippen MR) is 90.1 cm³/mol. The number of carbonyl (C=O) groups excluding carboxylic acids is 1. The molecular formula is C17H15F3N4O2. The molecule has 2 aromatic heterocycles. The van der Waals surface area contributed by atoms with E-state index >= 15 is 0 Å². The maximum absolute atomic E-state index is 13.1. The van der Waals surface area contributed by atoms with E-state index in [0.29, 0.717) is 16.8 Å². The van der Waals surface area contributed by atoms with Gasteiger partial charge in [0.05, 0.1) is 16.8 Å². The molecule has 2 heterocycles. The molecule has 3 rings (SSSR count). The summed E-state index contributed by atoms with van der Waals surface area (Å²) in [6, 6.07) is 3.87. The van der Waals surface area contributed by atoms with Crippen LogP contribution in [0.4, 0.5) is 19.0 Å². The first kappa shape index (κ1) is 17.6. The molecule has 26 heavy (non-hydrogen) atoms. The van der Waals surface area contributed by atoms with Crippen LogP contribution in [-0.4, -0.2) is 20.6 Å². The molecule has 0 radical (unpaired) electrons. The maximum Gasteiger partial charge on any atom is 0.433 e. The maximum atomic E-state index is 13.1. The van der Waals surface area contributed by atoms with Crippen molar-refractivity contribution in [1.82, 2.24) is 9.55 Å². The van der Waals surface area contributed by atoms with Crippen LogP contribution in [0.2, 0.25) is 0 Å². The highest BCUT2D eigenvalue weighted by Gasteiger charge is 2.34. The number of phenolic OH excluding ortho intramolecular Hbond substituents is 1. The fourth-order valence-corrected chi connectivity index (χ4v) is 3.03. The molecule has 0 spiro atoms. The van der Waals surface area contributed by atoms with Crippen LogP contribution in [0, 0.1) is 13.8 Å². The van der Waals surface area contributed by atoms with Crippen LogP contribution in [-0.2, 0) is 6.18 Å². The van der Waals surface area contributed by atoms with Crippen molar-refractivity contribution in [3.05, 3.63) is 46.8 Å². The summed E-state index contributed by atoms with van der Waals surface area (Å²) in [7, 11) is 0. The first-order valence-electron chi connectivity index (χ1n) is 7.50. The average molecular weight is 364 g/mol. The van der Waals surface area contributed by atoms with Crippen LogP contribution in [0.15, 0.2) is 24.4 Å². The molecular weight excluding hydrogens is 349 g/mol. The van der Waals surface area contributed by atoms with Crippen molar-refractivity contribution in [2.24, 2.45) is 5.73 Å². The molecule has 6 nitrogen and oxygen atoms in total. The monoisotopic (exact) mass is 364 g/mol. The zero-order valence-corrected chi connectivity index (χ0v) is 13.8. The van der Waals surface area contributed by atoms with Crippen molar-refractivity contribution in [3.63, 3.8) is 0 Å². The number of aromatic hydroxyl groups is 1. The Balaban J connectivity index is 2.51. The second-order valence-corrected chi connectivity index (χ2v) is 5.92. The molecule has 0 unspecified atom stereocenters. The lowest BCUT2D eigenvalue weighted by atomic mass is 10.1. The Labute approximate surface area is 145 Å². The minimum Gasteiger partial charge on any atom is -0.508 e. The quantitative estimate of drug-likeness (QED) is 0.649. The number of nitrogens with zero attached hydrogens (tertiary/aromatic N) is 2. The molecule has 0 aliphatic heterocycles. The zero-order chi connectivity index (χ0) is 19.4. The molecule has 0 saturated carbocycles. The Morgan fingerprint density at radius 2 is 1.92 bits per heavy atom. The number of fused-ring (bicyclic) bond motifs is 1. The summed E-state index contributed by atoms with van der Waals surface area (Å²) in [5.41, 5.74) is 11.6. The van der Waals surface area contributed by atoms with Gasteiger partial charge in [0.1, 0.15) is 17.3 Å². The van der Waals surface area contributed by atoms with E-state index in [1.165, 1.54) is 10.6 Å². The number of aromatic nitrogens is 2. The van der Waals surface area contributed by atoms with E-state index in [0.717, 1.165) is 12.3 Å². The number of amides is 1. The van der Waals surface area contributed by atoms with Gasteiger partial charge in [-0.1, -0.05) is 6.07 Å². The molecule has 1 amide bonds. The lowest BCUT2D eigenvalue weighted by Crippen LogP contribution is -2.14. The number of pyridine rings is 1. The van der Waals surface area contributed by atoms with E-state index < -0.39 is 17.8 Å². The van der Waals surface area contributed by atoms with E-state index in [2.05, 4.69) is 4.98 Å². The van der Waals surface area contributed by atoms with E-state index in [9.17, 15) is 23.1 Å². The highest BCUT2D eigenvalue weighted by atomic mass is 19.4. The second kappa shape index (κ2) is 5.65. The van der Waals surface area contributed by atoms with Gasteiger partial charge in [-0.15, -0.1) is 0 Å². The summed E-state index contributed by atoms with van der Waals surface area (Å²) >= 11 is 0. The van der Waals surface area contributed by atoms with Crippen molar-refractivity contribution in [3.8, 4) is 11.4 Å². The van der Waals surface area contributed by atoms with Crippen LogP contribution in [0.25, 0.3) is 16.6 Å². The van der Waals surface area contributed by atoms with E-state index in [1.807, 2.05) is 0 Å². The van der Waals surface area contributed by atoms with Gasteiger partial charge in [-0.2, -0.15) is 13.2 Å². The van der Waals surface area contributed by atoms with Gasteiger partial charge < -0.3 is 16.6 Å². The Kier molecular flexibility index (Phi) is 3.82. The third-order valence-electron chi connectivity index (χ3n) is 4.25. The van der Waals surface area contributed by atoms with Gasteiger partial charge in [0.15, 0.2) is 0 Å². The van der Waals surface area contributed by atoms with Gasteiger partial charge in [-0.25, -0.2) is 0 Å².